The Balaban J connectivity index is 4.55. The van der Waals surface area contributed by atoms with Gasteiger partial charge in [0.15, 0.2) is 0 Å². The van der Waals surface area contributed by atoms with Crippen LogP contribution in [0.25, 0.3) is 0 Å². The minimum atomic E-state index is 0.290. The largest absolute Gasteiger partial charge is 0.301 e. The maximum absolute atomic E-state index is 2.52. The molecule has 0 saturated heterocycles. The molecule has 0 N–H and O–H groups in total. The van der Waals surface area contributed by atoms with Crippen LogP contribution in [-0.2, 0) is 0 Å². The number of hydrogen-bond donors (Lipinski definition) is 0. The molecule has 1 nitrogen and oxygen atoms in total. The Bertz CT molecular complexity index is 201. The molecule has 0 saturated carbocycles. The van der Waals surface area contributed by atoms with Gasteiger partial charge in [-0.15, -0.1) is 0 Å². The van der Waals surface area contributed by atoms with Gasteiger partial charge in [0.25, 0.3) is 0 Å². The Labute approximate surface area is 104 Å². The van der Waals surface area contributed by atoms with E-state index >= 15 is 0 Å². The van der Waals surface area contributed by atoms with E-state index in [1.54, 1.807) is 0 Å². The summed E-state index contributed by atoms with van der Waals surface area (Å²) in [5.74, 6) is 1.48. The van der Waals surface area contributed by atoms with Crippen LogP contribution in [-0.4, -0.2) is 24.0 Å². The van der Waals surface area contributed by atoms with Crippen LogP contribution in [0.5, 0.6) is 0 Å². The molecule has 0 heterocycles. The predicted molar refractivity (Wildman–Crippen MR) is 74.8 cm³/mol. The first-order chi connectivity index (χ1) is 6.99. The fourth-order valence-corrected chi connectivity index (χ4v) is 2.25. The van der Waals surface area contributed by atoms with Gasteiger partial charge >= 0.3 is 0 Å². The van der Waals surface area contributed by atoms with Crippen molar-refractivity contribution in [1.29, 1.82) is 0 Å². The van der Waals surface area contributed by atoms with Crippen molar-refractivity contribution in [2.24, 2.45) is 17.3 Å². The molecule has 0 aromatic heterocycles. The van der Waals surface area contributed by atoms with Gasteiger partial charge in [-0.05, 0) is 44.6 Å². The molecule has 0 aromatic carbocycles. The van der Waals surface area contributed by atoms with Crippen molar-refractivity contribution in [2.75, 3.05) is 13.6 Å². The van der Waals surface area contributed by atoms with Crippen LogP contribution in [0, 0.1) is 17.3 Å². The summed E-state index contributed by atoms with van der Waals surface area (Å²) in [5, 5.41) is 0. The van der Waals surface area contributed by atoms with Crippen molar-refractivity contribution in [1.82, 2.24) is 4.90 Å². The molecular formula is C15H33N. The average Bonchev–Trinajstić information content (AvgIpc) is 2.00. The van der Waals surface area contributed by atoms with E-state index in [2.05, 4.69) is 67.3 Å². The first-order valence-corrected chi connectivity index (χ1v) is 6.70. The summed E-state index contributed by atoms with van der Waals surface area (Å²) in [4.78, 5) is 2.52. The zero-order valence-corrected chi connectivity index (χ0v) is 13.0. The Kier molecular flexibility index (Phi) is 5.52. The fraction of sp³-hybridized carbons (Fsp3) is 1.00. The van der Waals surface area contributed by atoms with E-state index in [-0.39, 0.29) is 5.54 Å². The smallest absolute Gasteiger partial charge is 0.0155 e. The van der Waals surface area contributed by atoms with Gasteiger partial charge in [0.05, 0.1) is 0 Å². The number of hydrogen-bond acceptors (Lipinski definition) is 1. The molecule has 0 radical (unpaired) electrons. The normalized spacial score (nSPS) is 14.2. The van der Waals surface area contributed by atoms with Crippen molar-refractivity contribution < 1.29 is 0 Å². The molecule has 98 valence electrons. The summed E-state index contributed by atoms with van der Waals surface area (Å²) in [5.41, 5.74) is 0.701. The molecule has 0 aliphatic carbocycles. The lowest BCUT2D eigenvalue weighted by Gasteiger charge is -2.44. The first kappa shape index (κ1) is 16.0. The lowest BCUT2D eigenvalue weighted by Crippen LogP contribution is -2.46. The lowest BCUT2D eigenvalue weighted by molar-refractivity contribution is 0.0658. The molecule has 0 unspecified atom stereocenters. The van der Waals surface area contributed by atoms with Crippen LogP contribution in [0.1, 0.15) is 61.8 Å². The van der Waals surface area contributed by atoms with E-state index in [0.29, 0.717) is 5.41 Å². The molecule has 0 aliphatic heterocycles. The number of rotatable bonds is 6. The second-order valence-corrected chi connectivity index (χ2v) is 7.41. The first-order valence-electron chi connectivity index (χ1n) is 6.70. The van der Waals surface area contributed by atoms with Crippen LogP contribution in [0.2, 0.25) is 0 Å². The highest BCUT2D eigenvalue weighted by Gasteiger charge is 2.33. The highest BCUT2D eigenvalue weighted by atomic mass is 15.2. The molecule has 16 heavy (non-hydrogen) atoms. The fourth-order valence-electron chi connectivity index (χ4n) is 2.25. The summed E-state index contributed by atoms with van der Waals surface area (Å²) >= 11 is 0. The van der Waals surface area contributed by atoms with Crippen molar-refractivity contribution >= 4 is 0 Å². The SMILES string of the molecule is CC(C)CN(C)C(C)(C)CC(C)(C)C(C)C. The van der Waals surface area contributed by atoms with Gasteiger partial charge in [0.2, 0.25) is 0 Å². The standard InChI is InChI=1S/C15H33N/c1-12(2)10-16(9)15(7,8)11-14(5,6)13(3)4/h12-13H,10-11H2,1-9H3. The third kappa shape index (κ3) is 4.86. The number of nitrogens with zero attached hydrogens (tertiary/aromatic N) is 1. The van der Waals surface area contributed by atoms with Crippen LogP contribution in [0.15, 0.2) is 0 Å². The van der Waals surface area contributed by atoms with Gasteiger partial charge in [-0.25, -0.2) is 0 Å². The quantitative estimate of drug-likeness (QED) is 0.649. The Morgan fingerprint density at radius 3 is 1.69 bits per heavy atom. The summed E-state index contributed by atoms with van der Waals surface area (Å²) in [7, 11) is 2.26. The summed E-state index contributed by atoms with van der Waals surface area (Å²) in [6.45, 7) is 20.0. The van der Waals surface area contributed by atoms with Crippen molar-refractivity contribution in [3.8, 4) is 0 Å². The monoisotopic (exact) mass is 227 g/mol. The Morgan fingerprint density at radius 2 is 1.38 bits per heavy atom. The molecular weight excluding hydrogens is 194 g/mol. The minimum absolute atomic E-state index is 0.290. The molecule has 0 aliphatic rings. The zero-order valence-electron chi connectivity index (χ0n) is 13.0. The van der Waals surface area contributed by atoms with Gasteiger partial charge in [-0.3, -0.25) is 0 Å². The van der Waals surface area contributed by atoms with Crippen molar-refractivity contribution in [3.63, 3.8) is 0 Å². The Morgan fingerprint density at radius 1 is 0.938 bits per heavy atom. The molecule has 1 heteroatoms. The van der Waals surface area contributed by atoms with Crippen LogP contribution in [0.3, 0.4) is 0 Å². The summed E-state index contributed by atoms with van der Waals surface area (Å²) < 4.78 is 0. The molecule has 0 atom stereocenters. The molecule has 0 fully saturated rings. The van der Waals surface area contributed by atoms with E-state index < -0.39 is 0 Å². The third-order valence-corrected chi connectivity index (χ3v) is 4.12. The van der Waals surface area contributed by atoms with Gasteiger partial charge in [-0.1, -0.05) is 41.5 Å². The lowest BCUT2D eigenvalue weighted by atomic mass is 9.72. The van der Waals surface area contributed by atoms with Gasteiger partial charge in [0.1, 0.15) is 0 Å². The molecule has 0 bridgehead atoms. The van der Waals surface area contributed by atoms with E-state index in [1.165, 1.54) is 13.0 Å². The second kappa shape index (κ2) is 5.53. The van der Waals surface area contributed by atoms with E-state index in [4.69, 9.17) is 0 Å². The van der Waals surface area contributed by atoms with Gasteiger partial charge < -0.3 is 4.90 Å². The molecule has 0 rings (SSSR count). The van der Waals surface area contributed by atoms with Gasteiger partial charge in [0, 0.05) is 12.1 Å². The van der Waals surface area contributed by atoms with Crippen LogP contribution < -0.4 is 0 Å². The second-order valence-electron chi connectivity index (χ2n) is 7.41. The van der Waals surface area contributed by atoms with E-state index in [1.807, 2.05) is 0 Å². The van der Waals surface area contributed by atoms with Crippen molar-refractivity contribution in [3.05, 3.63) is 0 Å². The summed E-state index contributed by atoms with van der Waals surface area (Å²) in [6.07, 6.45) is 1.25. The highest BCUT2D eigenvalue weighted by Crippen LogP contribution is 2.37. The Hall–Kier alpha value is -0.0400. The highest BCUT2D eigenvalue weighted by molar-refractivity contribution is 4.88. The summed E-state index contributed by atoms with van der Waals surface area (Å²) in [6, 6.07) is 0. The predicted octanol–water partition coefficient (Wildman–Crippen LogP) is 4.43. The topological polar surface area (TPSA) is 3.24 Å². The maximum Gasteiger partial charge on any atom is 0.0155 e. The average molecular weight is 227 g/mol. The molecule has 0 amide bonds. The van der Waals surface area contributed by atoms with E-state index in [9.17, 15) is 0 Å². The van der Waals surface area contributed by atoms with Crippen molar-refractivity contribution in [2.45, 2.75) is 67.3 Å². The zero-order chi connectivity index (χ0) is 13.1. The van der Waals surface area contributed by atoms with Gasteiger partial charge in [-0.2, -0.15) is 0 Å². The van der Waals surface area contributed by atoms with E-state index in [0.717, 1.165) is 11.8 Å². The van der Waals surface area contributed by atoms with Crippen LogP contribution >= 0.6 is 0 Å². The van der Waals surface area contributed by atoms with Crippen LogP contribution in [0.4, 0.5) is 0 Å². The maximum atomic E-state index is 2.52. The third-order valence-electron chi connectivity index (χ3n) is 4.12. The molecule has 0 spiro atoms. The molecule has 0 aromatic rings. The minimum Gasteiger partial charge on any atom is -0.301 e.